The minimum atomic E-state index is -0.0419. The lowest BCUT2D eigenvalue weighted by molar-refractivity contribution is 0.683. The van der Waals surface area contributed by atoms with E-state index in [-0.39, 0.29) is 5.56 Å². The number of rotatable bonds is 4. The fourth-order valence-electron chi connectivity index (χ4n) is 2.08. The van der Waals surface area contributed by atoms with Gasteiger partial charge in [0.05, 0.1) is 5.69 Å². The molecule has 0 unspecified atom stereocenters. The van der Waals surface area contributed by atoms with Gasteiger partial charge in [-0.25, -0.2) is 4.98 Å². The summed E-state index contributed by atoms with van der Waals surface area (Å²) < 4.78 is 1.55. The molecule has 4 nitrogen and oxygen atoms in total. The number of nitrogens with one attached hydrogen (secondary N) is 1. The Bertz CT molecular complexity index is 791. The molecular formula is C15H15N3OS. The molecule has 0 saturated heterocycles. The monoisotopic (exact) mass is 285 g/mol. The molecule has 0 spiro atoms. The van der Waals surface area contributed by atoms with Crippen LogP contribution in [0.2, 0.25) is 0 Å². The second kappa shape index (κ2) is 5.56. The first-order chi connectivity index (χ1) is 9.74. The van der Waals surface area contributed by atoms with Crippen molar-refractivity contribution in [3.63, 3.8) is 0 Å². The summed E-state index contributed by atoms with van der Waals surface area (Å²) in [7, 11) is 0. The van der Waals surface area contributed by atoms with Crippen LogP contribution in [0.3, 0.4) is 0 Å². The van der Waals surface area contributed by atoms with Crippen molar-refractivity contribution in [2.75, 3.05) is 0 Å². The molecule has 0 fully saturated rings. The van der Waals surface area contributed by atoms with Gasteiger partial charge in [0.15, 0.2) is 0 Å². The highest BCUT2D eigenvalue weighted by molar-refractivity contribution is 7.10. The first-order valence-corrected chi connectivity index (χ1v) is 7.33. The van der Waals surface area contributed by atoms with Crippen LogP contribution in [0.4, 0.5) is 0 Å². The molecule has 0 aliphatic heterocycles. The maximum atomic E-state index is 11.9. The highest BCUT2D eigenvalue weighted by Gasteiger charge is 2.03. The first kappa shape index (κ1) is 13.0. The third-order valence-electron chi connectivity index (χ3n) is 3.18. The molecule has 0 saturated carbocycles. The first-order valence-electron chi connectivity index (χ1n) is 6.45. The van der Waals surface area contributed by atoms with Crippen molar-refractivity contribution in [2.24, 2.45) is 0 Å². The summed E-state index contributed by atoms with van der Waals surface area (Å²) in [5.41, 5.74) is 2.72. The molecule has 0 aromatic carbocycles. The molecule has 3 aromatic rings. The van der Waals surface area contributed by atoms with E-state index >= 15 is 0 Å². The zero-order valence-electron chi connectivity index (χ0n) is 11.2. The zero-order chi connectivity index (χ0) is 13.9. The minimum Gasteiger partial charge on any atom is -0.306 e. The van der Waals surface area contributed by atoms with Gasteiger partial charge in [0.1, 0.15) is 5.65 Å². The standard InChI is InChI=1S/C15H15N3OS/c1-11-5-7-20-13(11)10-16-9-12-8-15(19)18-6-3-2-4-14(18)17-12/h2-8,16H,9-10H2,1H3. The predicted octanol–water partition coefficient (Wildman–Crippen LogP) is 2.35. The van der Waals surface area contributed by atoms with Crippen LogP contribution in [0.1, 0.15) is 16.1 Å². The number of thiophene rings is 1. The van der Waals surface area contributed by atoms with Gasteiger partial charge in [0, 0.05) is 30.2 Å². The van der Waals surface area contributed by atoms with Gasteiger partial charge in [-0.15, -0.1) is 11.3 Å². The smallest absolute Gasteiger partial charge is 0.258 e. The quantitative estimate of drug-likeness (QED) is 0.800. The summed E-state index contributed by atoms with van der Waals surface area (Å²) >= 11 is 1.74. The van der Waals surface area contributed by atoms with E-state index in [0.717, 1.165) is 12.2 Å². The maximum Gasteiger partial charge on any atom is 0.258 e. The number of nitrogens with zero attached hydrogens (tertiary/aromatic N) is 2. The van der Waals surface area contributed by atoms with E-state index in [1.807, 2.05) is 18.2 Å². The molecule has 5 heteroatoms. The lowest BCUT2D eigenvalue weighted by Gasteiger charge is -2.05. The van der Waals surface area contributed by atoms with Crippen LogP contribution in [-0.2, 0) is 13.1 Å². The normalized spacial score (nSPS) is 11.1. The van der Waals surface area contributed by atoms with Crippen LogP contribution in [-0.4, -0.2) is 9.38 Å². The predicted molar refractivity (Wildman–Crippen MR) is 81.1 cm³/mol. The van der Waals surface area contributed by atoms with E-state index < -0.39 is 0 Å². The second-order valence-electron chi connectivity index (χ2n) is 4.64. The lowest BCUT2D eigenvalue weighted by atomic mass is 10.3. The number of hydrogen-bond donors (Lipinski definition) is 1. The van der Waals surface area contributed by atoms with Gasteiger partial charge in [-0.3, -0.25) is 9.20 Å². The number of hydrogen-bond acceptors (Lipinski definition) is 4. The Morgan fingerprint density at radius 2 is 2.20 bits per heavy atom. The molecule has 0 aliphatic rings. The van der Waals surface area contributed by atoms with Crippen molar-refractivity contribution >= 4 is 17.0 Å². The van der Waals surface area contributed by atoms with Crippen molar-refractivity contribution in [3.8, 4) is 0 Å². The van der Waals surface area contributed by atoms with E-state index in [1.165, 1.54) is 10.4 Å². The van der Waals surface area contributed by atoms with Crippen molar-refractivity contribution in [1.29, 1.82) is 0 Å². The molecule has 0 radical (unpaired) electrons. The number of aromatic nitrogens is 2. The molecule has 3 heterocycles. The average Bonchev–Trinajstić information content (AvgIpc) is 2.85. The second-order valence-corrected chi connectivity index (χ2v) is 5.65. The number of pyridine rings is 1. The lowest BCUT2D eigenvalue weighted by Crippen LogP contribution is -2.19. The Kier molecular flexibility index (Phi) is 3.62. The largest absolute Gasteiger partial charge is 0.306 e. The third kappa shape index (κ3) is 2.64. The number of fused-ring (bicyclic) bond motifs is 1. The Morgan fingerprint density at radius 3 is 3.00 bits per heavy atom. The van der Waals surface area contributed by atoms with Gasteiger partial charge in [-0.1, -0.05) is 6.07 Å². The van der Waals surface area contributed by atoms with Gasteiger partial charge in [0.25, 0.3) is 5.56 Å². The van der Waals surface area contributed by atoms with Gasteiger partial charge < -0.3 is 5.32 Å². The topological polar surface area (TPSA) is 46.4 Å². The van der Waals surface area contributed by atoms with Crippen molar-refractivity contribution in [2.45, 2.75) is 20.0 Å². The molecule has 0 bridgehead atoms. The molecule has 0 amide bonds. The van der Waals surface area contributed by atoms with E-state index in [9.17, 15) is 4.79 Å². The molecule has 3 rings (SSSR count). The van der Waals surface area contributed by atoms with Crippen LogP contribution >= 0.6 is 11.3 Å². The molecular weight excluding hydrogens is 270 g/mol. The molecule has 3 aromatic heterocycles. The highest BCUT2D eigenvalue weighted by atomic mass is 32.1. The Morgan fingerprint density at radius 1 is 1.30 bits per heavy atom. The van der Waals surface area contributed by atoms with Gasteiger partial charge in [-0.2, -0.15) is 0 Å². The van der Waals surface area contributed by atoms with Crippen molar-refractivity contribution in [1.82, 2.24) is 14.7 Å². The Balaban J connectivity index is 1.75. The highest BCUT2D eigenvalue weighted by Crippen LogP contribution is 2.14. The maximum absolute atomic E-state index is 11.9. The Hall–Kier alpha value is -1.98. The van der Waals surface area contributed by atoms with E-state index in [2.05, 4.69) is 28.7 Å². The van der Waals surface area contributed by atoms with Gasteiger partial charge in [0.2, 0.25) is 0 Å². The number of aryl methyl sites for hydroxylation is 1. The zero-order valence-corrected chi connectivity index (χ0v) is 12.0. The van der Waals surface area contributed by atoms with Gasteiger partial charge >= 0.3 is 0 Å². The summed E-state index contributed by atoms with van der Waals surface area (Å²) in [6.07, 6.45) is 1.73. The van der Waals surface area contributed by atoms with Crippen LogP contribution < -0.4 is 10.9 Å². The summed E-state index contributed by atoms with van der Waals surface area (Å²) in [6.45, 7) is 3.51. The molecule has 20 heavy (non-hydrogen) atoms. The summed E-state index contributed by atoms with van der Waals surface area (Å²) in [4.78, 5) is 17.7. The minimum absolute atomic E-state index is 0.0419. The van der Waals surface area contributed by atoms with Crippen molar-refractivity contribution in [3.05, 3.63) is 68.4 Å². The van der Waals surface area contributed by atoms with Crippen LogP contribution in [0.25, 0.3) is 5.65 Å². The summed E-state index contributed by atoms with van der Waals surface area (Å²) in [5.74, 6) is 0. The van der Waals surface area contributed by atoms with Gasteiger partial charge in [-0.05, 0) is 36.1 Å². The molecule has 0 aliphatic carbocycles. The molecule has 1 N–H and O–H groups in total. The third-order valence-corrected chi connectivity index (χ3v) is 4.21. The van der Waals surface area contributed by atoms with E-state index in [0.29, 0.717) is 12.2 Å². The van der Waals surface area contributed by atoms with Crippen LogP contribution in [0, 0.1) is 6.92 Å². The van der Waals surface area contributed by atoms with Crippen molar-refractivity contribution < 1.29 is 0 Å². The van der Waals surface area contributed by atoms with Crippen LogP contribution in [0.15, 0.2) is 46.7 Å². The van der Waals surface area contributed by atoms with E-state index in [4.69, 9.17) is 0 Å². The summed E-state index contributed by atoms with van der Waals surface area (Å²) in [6, 6.07) is 9.25. The van der Waals surface area contributed by atoms with E-state index in [1.54, 1.807) is 28.0 Å². The average molecular weight is 285 g/mol. The SMILES string of the molecule is Cc1ccsc1CNCc1cc(=O)n2ccccc2n1. The van der Waals surface area contributed by atoms with Crippen LogP contribution in [0.5, 0.6) is 0 Å². The summed E-state index contributed by atoms with van der Waals surface area (Å²) in [5, 5.41) is 5.43. The molecule has 102 valence electrons. The molecule has 0 atom stereocenters. The fraction of sp³-hybridized carbons (Fsp3) is 0.200. The Labute approximate surface area is 120 Å². The fourth-order valence-corrected chi connectivity index (χ4v) is 2.96.